The fourth-order valence-corrected chi connectivity index (χ4v) is 5.55. The zero-order valence-electron chi connectivity index (χ0n) is 15.9. The van der Waals surface area contributed by atoms with Crippen molar-refractivity contribution in [1.82, 2.24) is 19.2 Å². The van der Waals surface area contributed by atoms with Crippen molar-refractivity contribution in [2.75, 3.05) is 32.1 Å². The second kappa shape index (κ2) is 8.94. The molecule has 1 aliphatic rings. The van der Waals surface area contributed by atoms with Crippen molar-refractivity contribution in [2.24, 2.45) is 0 Å². The maximum atomic E-state index is 12.9. The summed E-state index contributed by atoms with van der Waals surface area (Å²) in [7, 11) is -3.54. The number of morpholine rings is 1. The summed E-state index contributed by atoms with van der Waals surface area (Å²) in [6.45, 7) is 1.56. The molecular weight excluding hydrogens is 446 g/mol. The molecule has 2 N–H and O–H groups in total. The first-order valence-electron chi connectivity index (χ1n) is 9.21. The largest absolute Gasteiger partial charge is 0.379 e. The summed E-state index contributed by atoms with van der Waals surface area (Å²) in [6.07, 6.45) is 0. The molecule has 0 bridgehead atoms. The van der Waals surface area contributed by atoms with E-state index in [4.69, 9.17) is 22.2 Å². The lowest BCUT2D eigenvalue weighted by Gasteiger charge is -2.26. The fourth-order valence-electron chi connectivity index (χ4n) is 3.08. The van der Waals surface area contributed by atoms with Crippen LogP contribution in [-0.2, 0) is 20.5 Å². The Morgan fingerprint density at radius 2 is 1.87 bits per heavy atom. The molecule has 8 nitrogen and oxygen atoms in total. The summed E-state index contributed by atoms with van der Waals surface area (Å²) in [5.41, 5.74) is 1.62. The highest BCUT2D eigenvalue weighted by molar-refractivity contribution is 7.98. The summed E-state index contributed by atoms with van der Waals surface area (Å²) < 4.78 is 33.8. The van der Waals surface area contributed by atoms with Gasteiger partial charge in [-0.05, 0) is 29.8 Å². The molecule has 1 fully saturated rings. The Labute approximate surface area is 184 Å². The molecular formula is C19H20ClN5O3S2. The number of sulfonamides is 1. The van der Waals surface area contributed by atoms with Gasteiger partial charge in [0.1, 0.15) is 0 Å². The highest BCUT2D eigenvalue weighted by atomic mass is 35.5. The maximum Gasteiger partial charge on any atom is 0.243 e. The minimum atomic E-state index is -3.54. The lowest BCUT2D eigenvalue weighted by atomic mass is 10.2. The van der Waals surface area contributed by atoms with E-state index >= 15 is 0 Å². The number of benzene rings is 2. The van der Waals surface area contributed by atoms with E-state index in [1.54, 1.807) is 30.3 Å². The van der Waals surface area contributed by atoms with Crippen LogP contribution in [0, 0.1) is 0 Å². The van der Waals surface area contributed by atoms with Gasteiger partial charge >= 0.3 is 0 Å². The number of ether oxygens (including phenoxy) is 1. The third kappa shape index (κ3) is 4.47. The van der Waals surface area contributed by atoms with Gasteiger partial charge in [-0.1, -0.05) is 47.6 Å². The average molecular weight is 466 g/mol. The molecule has 30 heavy (non-hydrogen) atoms. The van der Waals surface area contributed by atoms with E-state index in [1.807, 2.05) is 18.2 Å². The van der Waals surface area contributed by atoms with E-state index in [-0.39, 0.29) is 4.90 Å². The van der Waals surface area contributed by atoms with Crippen molar-refractivity contribution in [2.45, 2.75) is 15.8 Å². The molecule has 1 saturated heterocycles. The number of hydrogen-bond donors (Lipinski definition) is 1. The molecule has 0 saturated carbocycles. The second-order valence-corrected chi connectivity index (χ2v) is 9.96. The number of thioether (sulfide) groups is 1. The molecule has 0 spiro atoms. The topological polar surface area (TPSA) is 103 Å². The van der Waals surface area contributed by atoms with Gasteiger partial charge < -0.3 is 10.6 Å². The third-order valence-electron chi connectivity index (χ3n) is 4.62. The number of nitrogens with zero attached hydrogens (tertiary/aromatic N) is 4. The quantitative estimate of drug-likeness (QED) is 0.440. The summed E-state index contributed by atoms with van der Waals surface area (Å²) >= 11 is 7.42. The molecule has 3 aromatic rings. The molecule has 1 aromatic heterocycles. The van der Waals surface area contributed by atoms with Gasteiger partial charge in [-0.3, -0.25) is 0 Å². The van der Waals surface area contributed by atoms with Crippen LogP contribution in [0.1, 0.15) is 5.56 Å². The lowest BCUT2D eigenvalue weighted by molar-refractivity contribution is 0.0730. The Kier molecular flexibility index (Phi) is 6.30. The first kappa shape index (κ1) is 21.1. The number of nitrogen functional groups attached to an aromatic ring is 1. The highest BCUT2D eigenvalue weighted by Gasteiger charge is 2.26. The van der Waals surface area contributed by atoms with Crippen LogP contribution in [0.3, 0.4) is 0 Å². The molecule has 2 heterocycles. The van der Waals surface area contributed by atoms with Gasteiger partial charge in [0.25, 0.3) is 0 Å². The number of aromatic nitrogens is 3. The van der Waals surface area contributed by atoms with Crippen LogP contribution >= 0.6 is 23.4 Å². The molecule has 2 aromatic carbocycles. The zero-order chi connectivity index (χ0) is 21.1. The van der Waals surface area contributed by atoms with Crippen LogP contribution in [-0.4, -0.2) is 53.9 Å². The number of halogens is 1. The molecule has 4 rings (SSSR count). The molecule has 0 radical (unpaired) electrons. The van der Waals surface area contributed by atoms with Gasteiger partial charge in [0.15, 0.2) is 5.82 Å². The third-order valence-corrected chi connectivity index (χ3v) is 7.77. The predicted molar refractivity (Wildman–Crippen MR) is 116 cm³/mol. The number of nitrogens with two attached hydrogens (primary N) is 1. The van der Waals surface area contributed by atoms with Crippen molar-refractivity contribution < 1.29 is 13.2 Å². The summed E-state index contributed by atoms with van der Waals surface area (Å²) in [4.78, 5) is 0.274. The van der Waals surface area contributed by atoms with Gasteiger partial charge in [-0.15, -0.1) is 10.2 Å². The highest BCUT2D eigenvalue weighted by Crippen LogP contribution is 2.27. The van der Waals surface area contributed by atoms with Crippen LogP contribution in [0.25, 0.3) is 11.4 Å². The molecule has 158 valence electrons. The molecule has 0 unspecified atom stereocenters. The van der Waals surface area contributed by atoms with E-state index in [0.717, 1.165) is 11.1 Å². The zero-order valence-corrected chi connectivity index (χ0v) is 18.3. The van der Waals surface area contributed by atoms with Crippen molar-refractivity contribution in [1.29, 1.82) is 0 Å². The molecule has 11 heteroatoms. The van der Waals surface area contributed by atoms with Gasteiger partial charge in [0.05, 0.1) is 18.1 Å². The van der Waals surface area contributed by atoms with Crippen molar-refractivity contribution in [3.63, 3.8) is 0 Å². The van der Waals surface area contributed by atoms with Crippen LogP contribution in [0.4, 0.5) is 0 Å². The van der Waals surface area contributed by atoms with E-state index < -0.39 is 10.0 Å². The SMILES string of the molecule is Nn1c(SCc2cccc(S(=O)(=O)N3CCOCC3)c2)nnc1-c1cccc(Cl)c1. The van der Waals surface area contributed by atoms with E-state index in [1.165, 1.54) is 20.7 Å². The standard InChI is InChI=1S/C19H20ClN5O3S2/c20-16-5-2-4-15(12-16)18-22-23-19(25(18)21)29-13-14-3-1-6-17(11-14)30(26,27)24-7-9-28-10-8-24/h1-6,11-12H,7-10,13,21H2. The molecule has 0 atom stereocenters. The van der Waals surface area contributed by atoms with Gasteiger partial charge in [-0.25, -0.2) is 13.1 Å². The lowest BCUT2D eigenvalue weighted by Crippen LogP contribution is -2.40. The Morgan fingerprint density at radius 3 is 2.63 bits per heavy atom. The van der Waals surface area contributed by atoms with E-state index in [2.05, 4.69) is 10.2 Å². The maximum absolute atomic E-state index is 12.9. The summed E-state index contributed by atoms with van der Waals surface area (Å²) in [5, 5.41) is 9.41. The number of hydrogen-bond acceptors (Lipinski definition) is 7. The van der Waals surface area contributed by atoms with Crippen LogP contribution < -0.4 is 5.84 Å². The Balaban J connectivity index is 1.49. The van der Waals surface area contributed by atoms with Crippen molar-refractivity contribution in [3.05, 3.63) is 59.1 Å². The van der Waals surface area contributed by atoms with Gasteiger partial charge in [-0.2, -0.15) is 4.31 Å². The van der Waals surface area contributed by atoms with E-state index in [0.29, 0.717) is 48.1 Å². The summed E-state index contributed by atoms with van der Waals surface area (Å²) in [6, 6.07) is 14.1. The molecule has 0 aliphatic carbocycles. The molecule has 0 amide bonds. The summed E-state index contributed by atoms with van der Waals surface area (Å²) in [5.74, 6) is 7.16. The van der Waals surface area contributed by atoms with Crippen LogP contribution in [0.2, 0.25) is 5.02 Å². The monoisotopic (exact) mass is 465 g/mol. The average Bonchev–Trinajstić information content (AvgIpc) is 3.13. The minimum absolute atomic E-state index is 0.274. The number of rotatable bonds is 6. The first-order valence-corrected chi connectivity index (χ1v) is 12.0. The van der Waals surface area contributed by atoms with E-state index in [9.17, 15) is 8.42 Å². The van der Waals surface area contributed by atoms with Crippen molar-refractivity contribution >= 4 is 33.4 Å². The smallest absolute Gasteiger partial charge is 0.243 e. The predicted octanol–water partition coefficient (Wildman–Crippen LogP) is 2.63. The minimum Gasteiger partial charge on any atom is -0.379 e. The van der Waals surface area contributed by atoms with Crippen molar-refractivity contribution in [3.8, 4) is 11.4 Å². The van der Waals surface area contributed by atoms with Gasteiger partial charge in [0.2, 0.25) is 15.2 Å². The van der Waals surface area contributed by atoms with Crippen LogP contribution in [0.15, 0.2) is 58.6 Å². The molecule has 1 aliphatic heterocycles. The second-order valence-electron chi connectivity index (χ2n) is 6.64. The normalized spacial score (nSPS) is 15.4. The fraction of sp³-hybridized carbons (Fsp3) is 0.263. The Hall–Kier alpha value is -2.11. The first-order chi connectivity index (χ1) is 14.4. The Morgan fingerprint density at radius 1 is 1.10 bits per heavy atom. The van der Waals surface area contributed by atoms with Gasteiger partial charge in [0, 0.05) is 29.4 Å². The van der Waals surface area contributed by atoms with Crippen LogP contribution in [0.5, 0.6) is 0 Å². The Bertz CT molecular complexity index is 1150.